The van der Waals surface area contributed by atoms with E-state index in [-0.39, 0.29) is 12.5 Å². The van der Waals surface area contributed by atoms with Gasteiger partial charge >= 0.3 is 6.09 Å². The summed E-state index contributed by atoms with van der Waals surface area (Å²) in [5.74, 6) is -0.870. The standard InChI is InChI=1S/C18H25N3O4/c1-6-13-9-7-8-10-14(13)21-16(23)12(2)20-15(22)11-19-17(24)25-18(3,4)5/h6-10,12H,1,11H2,2-5H3,(H,19,24)(H,20,22)(H,21,23). The van der Waals surface area contributed by atoms with E-state index in [0.29, 0.717) is 5.69 Å². The van der Waals surface area contributed by atoms with Crippen molar-refractivity contribution >= 4 is 29.7 Å². The monoisotopic (exact) mass is 347 g/mol. The van der Waals surface area contributed by atoms with E-state index in [1.165, 1.54) is 0 Å². The summed E-state index contributed by atoms with van der Waals surface area (Å²) in [4.78, 5) is 35.5. The highest BCUT2D eigenvalue weighted by Crippen LogP contribution is 2.16. The van der Waals surface area contributed by atoms with Crippen molar-refractivity contribution in [1.29, 1.82) is 0 Å². The molecule has 1 atom stereocenters. The molecule has 25 heavy (non-hydrogen) atoms. The Bertz CT molecular complexity index is 650. The molecular formula is C18H25N3O4. The number of para-hydroxylation sites is 1. The van der Waals surface area contributed by atoms with Crippen LogP contribution in [0.2, 0.25) is 0 Å². The molecule has 0 aliphatic heterocycles. The first kappa shape index (κ1) is 20.2. The second kappa shape index (κ2) is 8.86. The lowest BCUT2D eigenvalue weighted by Gasteiger charge is -2.20. The van der Waals surface area contributed by atoms with Crippen molar-refractivity contribution < 1.29 is 19.1 Å². The number of carbonyl (C=O) groups is 3. The van der Waals surface area contributed by atoms with Crippen LogP contribution in [0.3, 0.4) is 0 Å². The van der Waals surface area contributed by atoms with Crippen LogP contribution in [0.5, 0.6) is 0 Å². The number of hydrogen-bond acceptors (Lipinski definition) is 4. The van der Waals surface area contributed by atoms with Gasteiger partial charge in [-0.15, -0.1) is 0 Å². The molecular weight excluding hydrogens is 322 g/mol. The Hall–Kier alpha value is -2.83. The van der Waals surface area contributed by atoms with Crippen molar-refractivity contribution in [2.24, 2.45) is 0 Å². The van der Waals surface area contributed by atoms with E-state index in [2.05, 4.69) is 22.5 Å². The summed E-state index contributed by atoms with van der Waals surface area (Å²) in [6, 6.07) is 6.41. The van der Waals surface area contributed by atoms with Gasteiger partial charge in [0, 0.05) is 5.69 Å². The maximum Gasteiger partial charge on any atom is 0.408 e. The van der Waals surface area contributed by atoms with Crippen molar-refractivity contribution in [3.63, 3.8) is 0 Å². The summed E-state index contributed by atoms with van der Waals surface area (Å²) >= 11 is 0. The quantitative estimate of drug-likeness (QED) is 0.735. The fourth-order valence-electron chi connectivity index (χ4n) is 1.85. The highest BCUT2D eigenvalue weighted by molar-refractivity contribution is 5.98. The van der Waals surface area contributed by atoms with Gasteiger partial charge in [-0.3, -0.25) is 9.59 Å². The minimum absolute atomic E-state index is 0.282. The molecule has 7 nitrogen and oxygen atoms in total. The van der Waals surface area contributed by atoms with Crippen LogP contribution in [0.25, 0.3) is 6.08 Å². The van der Waals surface area contributed by atoms with E-state index in [1.54, 1.807) is 45.9 Å². The van der Waals surface area contributed by atoms with Gasteiger partial charge in [0.15, 0.2) is 0 Å². The topological polar surface area (TPSA) is 96.5 Å². The Labute approximate surface area is 147 Å². The highest BCUT2D eigenvalue weighted by Gasteiger charge is 2.19. The number of nitrogens with one attached hydrogen (secondary N) is 3. The summed E-state index contributed by atoms with van der Waals surface area (Å²) in [6.07, 6.45) is 0.934. The lowest BCUT2D eigenvalue weighted by atomic mass is 10.1. The van der Waals surface area contributed by atoms with E-state index < -0.39 is 23.6 Å². The van der Waals surface area contributed by atoms with Gasteiger partial charge in [-0.2, -0.15) is 0 Å². The minimum Gasteiger partial charge on any atom is -0.444 e. The fourth-order valence-corrected chi connectivity index (χ4v) is 1.85. The second-order valence-electron chi connectivity index (χ2n) is 6.43. The lowest BCUT2D eigenvalue weighted by Crippen LogP contribution is -2.46. The van der Waals surface area contributed by atoms with Gasteiger partial charge in [-0.05, 0) is 39.3 Å². The molecule has 1 rings (SSSR count). The average Bonchev–Trinajstić information content (AvgIpc) is 2.51. The summed E-state index contributed by atoms with van der Waals surface area (Å²) in [7, 11) is 0. The SMILES string of the molecule is C=Cc1ccccc1NC(=O)C(C)NC(=O)CNC(=O)OC(C)(C)C. The van der Waals surface area contributed by atoms with Crippen molar-refractivity contribution in [2.45, 2.75) is 39.3 Å². The van der Waals surface area contributed by atoms with Crippen LogP contribution >= 0.6 is 0 Å². The molecule has 3 N–H and O–H groups in total. The van der Waals surface area contributed by atoms with Crippen LogP contribution in [0.1, 0.15) is 33.3 Å². The van der Waals surface area contributed by atoms with Gasteiger partial charge in [0.25, 0.3) is 0 Å². The maximum absolute atomic E-state index is 12.2. The molecule has 0 saturated heterocycles. The number of rotatable bonds is 6. The molecule has 1 unspecified atom stereocenters. The molecule has 0 fully saturated rings. The highest BCUT2D eigenvalue weighted by atomic mass is 16.6. The van der Waals surface area contributed by atoms with E-state index >= 15 is 0 Å². The van der Waals surface area contributed by atoms with Gasteiger partial charge < -0.3 is 20.7 Å². The predicted molar refractivity (Wildman–Crippen MR) is 97.0 cm³/mol. The smallest absolute Gasteiger partial charge is 0.408 e. The van der Waals surface area contributed by atoms with Gasteiger partial charge in [-0.25, -0.2) is 4.79 Å². The number of benzene rings is 1. The van der Waals surface area contributed by atoms with Crippen molar-refractivity contribution in [2.75, 3.05) is 11.9 Å². The number of amides is 3. The van der Waals surface area contributed by atoms with Crippen molar-refractivity contribution in [1.82, 2.24) is 10.6 Å². The average molecular weight is 347 g/mol. The predicted octanol–water partition coefficient (Wildman–Crippen LogP) is 2.30. The molecule has 0 aliphatic rings. The Morgan fingerprint density at radius 3 is 2.48 bits per heavy atom. The largest absolute Gasteiger partial charge is 0.444 e. The lowest BCUT2D eigenvalue weighted by molar-refractivity contribution is -0.125. The van der Waals surface area contributed by atoms with Gasteiger partial charge in [-0.1, -0.05) is 30.9 Å². The Kier molecular flexibility index (Phi) is 7.17. The summed E-state index contributed by atoms with van der Waals surface area (Å²) in [6.45, 7) is 10.1. The molecule has 3 amide bonds. The van der Waals surface area contributed by atoms with Gasteiger partial charge in [0.05, 0.1) is 0 Å². The van der Waals surface area contributed by atoms with E-state index in [9.17, 15) is 14.4 Å². The van der Waals surface area contributed by atoms with Gasteiger partial charge in [0.1, 0.15) is 18.2 Å². The number of hydrogen-bond donors (Lipinski definition) is 3. The molecule has 0 aliphatic carbocycles. The molecule has 0 saturated carbocycles. The Morgan fingerprint density at radius 2 is 1.88 bits per heavy atom. The number of alkyl carbamates (subject to hydrolysis) is 1. The molecule has 0 aromatic heterocycles. The molecule has 0 spiro atoms. The van der Waals surface area contributed by atoms with Gasteiger partial charge in [0.2, 0.25) is 11.8 Å². The molecule has 0 radical (unpaired) electrons. The van der Waals surface area contributed by atoms with Crippen molar-refractivity contribution in [3.05, 3.63) is 36.4 Å². The fraction of sp³-hybridized carbons (Fsp3) is 0.389. The number of anilines is 1. The van der Waals surface area contributed by atoms with Crippen molar-refractivity contribution in [3.8, 4) is 0 Å². The van der Waals surface area contributed by atoms with Crippen LogP contribution in [0, 0.1) is 0 Å². The molecule has 7 heteroatoms. The Morgan fingerprint density at radius 1 is 1.24 bits per heavy atom. The first-order valence-corrected chi connectivity index (χ1v) is 7.91. The van der Waals surface area contributed by atoms with Crippen LogP contribution in [0.4, 0.5) is 10.5 Å². The first-order valence-electron chi connectivity index (χ1n) is 7.91. The zero-order chi connectivity index (χ0) is 19.0. The maximum atomic E-state index is 12.2. The van der Waals surface area contributed by atoms with E-state index in [4.69, 9.17) is 4.74 Å². The molecule has 1 aromatic rings. The van der Waals surface area contributed by atoms with E-state index in [1.807, 2.05) is 12.1 Å². The zero-order valence-electron chi connectivity index (χ0n) is 15.0. The molecule has 0 heterocycles. The second-order valence-corrected chi connectivity index (χ2v) is 6.43. The van der Waals surface area contributed by atoms with Crippen LogP contribution in [-0.4, -0.2) is 36.1 Å². The van der Waals surface area contributed by atoms with E-state index in [0.717, 1.165) is 5.56 Å². The number of carbonyl (C=O) groups excluding carboxylic acids is 3. The van der Waals surface area contributed by atoms with Crippen LogP contribution in [-0.2, 0) is 14.3 Å². The number of ether oxygens (including phenoxy) is 1. The molecule has 0 bridgehead atoms. The third-order valence-corrected chi connectivity index (χ3v) is 3.00. The third kappa shape index (κ3) is 7.52. The van der Waals surface area contributed by atoms with Crippen LogP contribution < -0.4 is 16.0 Å². The minimum atomic E-state index is -0.772. The molecule has 1 aromatic carbocycles. The molecule has 136 valence electrons. The summed E-state index contributed by atoms with van der Waals surface area (Å²) in [5.41, 5.74) is 0.739. The summed E-state index contributed by atoms with van der Waals surface area (Å²) in [5, 5.41) is 7.57. The Balaban J connectivity index is 2.48. The third-order valence-electron chi connectivity index (χ3n) is 3.00. The zero-order valence-corrected chi connectivity index (χ0v) is 15.0. The first-order chi connectivity index (χ1) is 11.6. The normalized spacial score (nSPS) is 11.8. The van der Waals surface area contributed by atoms with Crippen LogP contribution in [0.15, 0.2) is 30.8 Å². The summed E-state index contributed by atoms with van der Waals surface area (Å²) < 4.78 is 5.03.